The molecular formula is C27H28Cl3FN4O5S. The average molecular weight is 646 g/mol. The summed E-state index contributed by atoms with van der Waals surface area (Å²) in [6.07, 6.45) is 0. The van der Waals surface area contributed by atoms with E-state index in [0.29, 0.717) is 24.4 Å². The lowest BCUT2D eigenvalue weighted by Gasteiger charge is -2.37. The lowest BCUT2D eigenvalue weighted by atomic mass is 10.1. The minimum absolute atomic E-state index is 0. The molecule has 0 saturated carbocycles. The number of carboxylic acid groups (broad SMARTS) is 1. The van der Waals surface area contributed by atoms with Crippen LogP contribution in [0.5, 0.6) is 5.75 Å². The Hall–Kier alpha value is -3.51. The molecule has 4 aromatic rings. The molecule has 1 aromatic heterocycles. The van der Waals surface area contributed by atoms with Gasteiger partial charge in [-0.1, -0.05) is 6.07 Å². The Bertz CT molecular complexity index is 1620. The average Bonchev–Trinajstić information content (AvgIpc) is 2.92. The molecule has 220 valence electrons. The number of pyridine rings is 1. The van der Waals surface area contributed by atoms with Gasteiger partial charge in [0.05, 0.1) is 23.1 Å². The van der Waals surface area contributed by atoms with Crippen molar-refractivity contribution in [3.8, 4) is 5.75 Å². The fourth-order valence-corrected chi connectivity index (χ4v) is 5.53. The Morgan fingerprint density at radius 2 is 1.59 bits per heavy atom. The van der Waals surface area contributed by atoms with E-state index in [1.807, 2.05) is 29.2 Å². The highest BCUT2D eigenvalue weighted by molar-refractivity contribution is 7.92. The van der Waals surface area contributed by atoms with Gasteiger partial charge in [-0.25, -0.2) is 22.6 Å². The number of nitrogens with zero attached hydrogens (tertiary/aromatic N) is 3. The lowest BCUT2D eigenvalue weighted by molar-refractivity contribution is 0.0699. The number of benzene rings is 3. The van der Waals surface area contributed by atoms with Crippen molar-refractivity contribution >= 4 is 81.3 Å². The van der Waals surface area contributed by atoms with Crippen LogP contribution >= 0.6 is 37.2 Å². The van der Waals surface area contributed by atoms with Gasteiger partial charge in [-0.15, -0.1) is 37.2 Å². The zero-order valence-corrected chi connectivity index (χ0v) is 25.0. The van der Waals surface area contributed by atoms with Gasteiger partial charge in [0, 0.05) is 42.9 Å². The first-order chi connectivity index (χ1) is 18.2. The Kier molecular flexibility index (Phi) is 11.4. The monoisotopic (exact) mass is 644 g/mol. The van der Waals surface area contributed by atoms with E-state index in [1.165, 1.54) is 30.3 Å². The Morgan fingerprint density at radius 3 is 2.20 bits per heavy atom. The van der Waals surface area contributed by atoms with Gasteiger partial charge in [0.15, 0.2) is 0 Å². The van der Waals surface area contributed by atoms with Gasteiger partial charge in [-0.05, 0) is 66.7 Å². The molecule has 2 heterocycles. The number of sulfonamides is 1. The van der Waals surface area contributed by atoms with E-state index in [-0.39, 0.29) is 58.8 Å². The van der Waals surface area contributed by atoms with Crippen LogP contribution in [0.1, 0.15) is 10.4 Å². The van der Waals surface area contributed by atoms with Crippen molar-refractivity contribution in [3.05, 3.63) is 84.2 Å². The second-order valence-corrected chi connectivity index (χ2v) is 10.5. The maximum Gasteiger partial charge on any atom is 0.336 e. The number of hydrogen-bond acceptors (Lipinski definition) is 7. The molecule has 41 heavy (non-hydrogen) atoms. The number of piperazine rings is 1. The van der Waals surface area contributed by atoms with Crippen LogP contribution in [-0.4, -0.2) is 57.8 Å². The first-order valence-electron chi connectivity index (χ1n) is 11.8. The van der Waals surface area contributed by atoms with Gasteiger partial charge in [0.25, 0.3) is 10.0 Å². The number of methoxy groups -OCH3 is 1. The van der Waals surface area contributed by atoms with Gasteiger partial charge in [-0.2, -0.15) is 0 Å². The zero-order chi connectivity index (χ0) is 26.9. The number of anilines is 3. The molecule has 0 radical (unpaired) electrons. The van der Waals surface area contributed by atoms with Crippen molar-refractivity contribution < 1.29 is 27.4 Å². The highest BCUT2D eigenvalue weighted by Crippen LogP contribution is 2.29. The second-order valence-electron chi connectivity index (χ2n) is 8.80. The fraction of sp³-hybridized carbons (Fsp3) is 0.185. The molecule has 0 aliphatic carbocycles. The molecule has 0 bridgehead atoms. The number of fused-ring (bicyclic) bond motifs is 1. The molecule has 1 aliphatic rings. The lowest BCUT2D eigenvalue weighted by Crippen LogP contribution is -2.46. The van der Waals surface area contributed by atoms with Gasteiger partial charge >= 0.3 is 5.97 Å². The molecule has 0 spiro atoms. The van der Waals surface area contributed by atoms with Crippen LogP contribution < -0.4 is 19.3 Å². The molecule has 1 aliphatic heterocycles. The van der Waals surface area contributed by atoms with Crippen LogP contribution in [0, 0.1) is 5.82 Å². The third kappa shape index (κ3) is 7.42. The minimum Gasteiger partial charge on any atom is -0.497 e. The molecule has 5 rings (SSSR count). The summed E-state index contributed by atoms with van der Waals surface area (Å²) in [5, 5.41) is 10.2. The van der Waals surface area contributed by atoms with E-state index in [1.54, 1.807) is 13.2 Å². The SMILES string of the molecule is COc1ccc(N2CCN(c3cc(C(=O)O)c4cc(NS(=O)(=O)c5cccc(F)c5)ccc4n3)CC2)cc1.Cl.Cl.Cl. The van der Waals surface area contributed by atoms with Crippen molar-refractivity contribution in [2.45, 2.75) is 4.90 Å². The van der Waals surface area contributed by atoms with Crippen LogP contribution in [-0.2, 0) is 10.0 Å². The number of aromatic nitrogens is 1. The minimum atomic E-state index is -4.07. The summed E-state index contributed by atoms with van der Waals surface area (Å²) in [6.45, 7) is 2.76. The van der Waals surface area contributed by atoms with Crippen LogP contribution in [0.3, 0.4) is 0 Å². The Balaban J connectivity index is 0.00000196. The van der Waals surface area contributed by atoms with Crippen LogP contribution in [0.15, 0.2) is 77.7 Å². The largest absolute Gasteiger partial charge is 0.497 e. The number of rotatable bonds is 7. The predicted octanol–water partition coefficient (Wildman–Crippen LogP) is 5.47. The molecule has 2 N–H and O–H groups in total. The zero-order valence-electron chi connectivity index (χ0n) is 21.7. The molecule has 0 atom stereocenters. The predicted molar refractivity (Wildman–Crippen MR) is 165 cm³/mol. The third-order valence-electron chi connectivity index (χ3n) is 6.43. The van der Waals surface area contributed by atoms with Crippen molar-refractivity contribution in [2.75, 3.05) is 47.8 Å². The summed E-state index contributed by atoms with van der Waals surface area (Å²) < 4.78 is 46.6. The van der Waals surface area contributed by atoms with Gasteiger partial charge < -0.3 is 19.6 Å². The van der Waals surface area contributed by atoms with Crippen LogP contribution in [0.4, 0.5) is 21.6 Å². The molecular weight excluding hydrogens is 618 g/mol. The van der Waals surface area contributed by atoms with E-state index in [4.69, 9.17) is 4.74 Å². The number of halogens is 4. The smallest absolute Gasteiger partial charge is 0.336 e. The quantitative estimate of drug-likeness (QED) is 0.272. The molecule has 14 heteroatoms. The van der Waals surface area contributed by atoms with Crippen LogP contribution in [0.25, 0.3) is 10.9 Å². The standard InChI is InChI=1S/C27H25FN4O5S.3ClH/c1-37-21-8-6-20(7-9-21)31-11-13-32(14-12-31)26-17-24(27(33)34)23-16-19(5-10-25(23)29-26)30-38(35,36)22-4-2-3-18(28)15-22;;;/h2-10,15-17,30H,11-14H2,1H3,(H,33,34);3*1H. The molecule has 1 saturated heterocycles. The van der Waals surface area contributed by atoms with Crippen LogP contribution in [0.2, 0.25) is 0 Å². The summed E-state index contributed by atoms with van der Waals surface area (Å²) >= 11 is 0. The third-order valence-corrected chi connectivity index (χ3v) is 7.80. The summed E-state index contributed by atoms with van der Waals surface area (Å²) in [4.78, 5) is 20.9. The van der Waals surface area contributed by atoms with Crippen molar-refractivity contribution in [1.82, 2.24) is 4.98 Å². The van der Waals surface area contributed by atoms with E-state index >= 15 is 0 Å². The van der Waals surface area contributed by atoms with Crippen molar-refractivity contribution in [3.63, 3.8) is 0 Å². The first kappa shape index (κ1) is 33.7. The van der Waals surface area contributed by atoms with Gasteiger partial charge in [-0.3, -0.25) is 4.72 Å². The second kappa shape index (κ2) is 13.9. The fourth-order valence-electron chi connectivity index (χ4n) is 4.45. The molecule has 0 amide bonds. The summed E-state index contributed by atoms with van der Waals surface area (Å²) in [5.74, 6) is -0.502. The summed E-state index contributed by atoms with van der Waals surface area (Å²) in [5.41, 5.74) is 1.66. The number of nitrogens with one attached hydrogen (secondary N) is 1. The van der Waals surface area contributed by atoms with Crippen molar-refractivity contribution in [1.29, 1.82) is 0 Å². The molecule has 9 nitrogen and oxygen atoms in total. The maximum atomic E-state index is 13.5. The van der Waals surface area contributed by atoms with E-state index in [0.717, 1.165) is 36.7 Å². The molecule has 1 fully saturated rings. The molecule has 0 unspecified atom stereocenters. The topological polar surface area (TPSA) is 112 Å². The number of carboxylic acids is 1. The highest BCUT2D eigenvalue weighted by Gasteiger charge is 2.22. The number of aromatic carboxylic acids is 1. The number of carbonyl (C=O) groups is 1. The van der Waals surface area contributed by atoms with E-state index in [9.17, 15) is 22.7 Å². The Labute approximate surface area is 255 Å². The first-order valence-corrected chi connectivity index (χ1v) is 13.3. The molecule has 3 aromatic carbocycles. The van der Waals surface area contributed by atoms with Gasteiger partial charge in [0.1, 0.15) is 17.4 Å². The number of hydrogen-bond donors (Lipinski definition) is 2. The number of ether oxygens (including phenoxy) is 1. The van der Waals surface area contributed by atoms with E-state index < -0.39 is 21.8 Å². The summed E-state index contributed by atoms with van der Waals surface area (Å²) in [6, 6.07) is 18.5. The van der Waals surface area contributed by atoms with Crippen molar-refractivity contribution in [2.24, 2.45) is 0 Å². The maximum absolute atomic E-state index is 13.5. The Morgan fingerprint density at radius 1 is 0.927 bits per heavy atom. The van der Waals surface area contributed by atoms with E-state index in [2.05, 4.69) is 14.6 Å². The highest BCUT2D eigenvalue weighted by atomic mass is 35.5. The normalized spacial score (nSPS) is 12.9. The van der Waals surface area contributed by atoms with Gasteiger partial charge in [0.2, 0.25) is 0 Å². The summed E-state index contributed by atoms with van der Waals surface area (Å²) in [7, 11) is -2.45.